The quantitative estimate of drug-likeness (QED) is 0.646. The SMILES string of the molecule is CC(C)(C)c1nc2c(s1)CCCC2(C)C. The fraction of sp³-hybridized carbons (Fsp3) is 0.769. The summed E-state index contributed by atoms with van der Waals surface area (Å²) in [4.78, 5) is 6.43. The maximum absolute atomic E-state index is 4.89. The number of rotatable bonds is 0. The first kappa shape index (κ1) is 11.1. The molecule has 1 aliphatic rings. The molecule has 2 heteroatoms. The van der Waals surface area contributed by atoms with Crippen molar-refractivity contribution in [2.75, 3.05) is 0 Å². The van der Waals surface area contributed by atoms with Crippen molar-refractivity contribution in [3.8, 4) is 0 Å². The van der Waals surface area contributed by atoms with Crippen LogP contribution in [0, 0.1) is 0 Å². The van der Waals surface area contributed by atoms with Gasteiger partial charge in [-0.3, -0.25) is 0 Å². The Morgan fingerprint density at radius 3 is 2.47 bits per heavy atom. The Bertz CT molecular complexity index is 368. The van der Waals surface area contributed by atoms with Crippen LogP contribution in [-0.4, -0.2) is 4.98 Å². The Kier molecular flexibility index (Phi) is 2.45. The van der Waals surface area contributed by atoms with Gasteiger partial charge in [-0.05, 0) is 19.3 Å². The minimum atomic E-state index is 0.206. The van der Waals surface area contributed by atoms with Crippen molar-refractivity contribution in [2.24, 2.45) is 0 Å². The van der Waals surface area contributed by atoms with Crippen molar-refractivity contribution in [1.82, 2.24) is 4.98 Å². The van der Waals surface area contributed by atoms with Gasteiger partial charge in [0.05, 0.1) is 10.7 Å². The average molecular weight is 223 g/mol. The van der Waals surface area contributed by atoms with Crippen LogP contribution in [0.1, 0.15) is 63.0 Å². The zero-order valence-corrected chi connectivity index (χ0v) is 11.3. The molecule has 1 heterocycles. The topological polar surface area (TPSA) is 12.9 Å². The molecule has 1 aromatic heterocycles. The first-order chi connectivity index (χ1) is 6.81. The van der Waals surface area contributed by atoms with Gasteiger partial charge >= 0.3 is 0 Å². The van der Waals surface area contributed by atoms with E-state index in [0.29, 0.717) is 5.41 Å². The van der Waals surface area contributed by atoms with Crippen LogP contribution in [0.5, 0.6) is 0 Å². The lowest BCUT2D eigenvalue weighted by Crippen LogP contribution is -2.23. The van der Waals surface area contributed by atoms with Crippen LogP contribution in [0.15, 0.2) is 0 Å². The van der Waals surface area contributed by atoms with E-state index in [-0.39, 0.29) is 5.41 Å². The predicted molar refractivity (Wildman–Crippen MR) is 66.8 cm³/mol. The summed E-state index contributed by atoms with van der Waals surface area (Å²) in [6.45, 7) is 11.4. The predicted octanol–water partition coefficient (Wildman–Crippen LogP) is 4.05. The van der Waals surface area contributed by atoms with Crippen LogP contribution in [0.3, 0.4) is 0 Å². The largest absolute Gasteiger partial charge is 0.245 e. The molecule has 0 atom stereocenters. The van der Waals surface area contributed by atoms with E-state index in [4.69, 9.17) is 4.98 Å². The summed E-state index contributed by atoms with van der Waals surface area (Å²) >= 11 is 1.93. The fourth-order valence-electron chi connectivity index (χ4n) is 2.18. The molecule has 0 saturated heterocycles. The van der Waals surface area contributed by atoms with E-state index in [1.807, 2.05) is 11.3 Å². The lowest BCUT2D eigenvalue weighted by atomic mass is 9.79. The highest BCUT2D eigenvalue weighted by molar-refractivity contribution is 7.11. The van der Waals surface area contributed by atoms with Gasteiger partial charge in [0.15, 0.2) is 0 Å². The average Bonchev–Trinajstić information content (AvgIpc) is 2.47. The zero-order chi connectivity index (χ0) is 11.3. The summed E-state index contributed by atoms with van der Waals surface area (Å²) in [5.41, 5.74) is 1.88. The summed E-state index contributed by atoms with van der Waals surface area (Å²) in [6, 6.07) is 0. The van der Waals surface area contributed by atoms with E-state index in [1.165, 1.54) is 34.8 Å². The monoisotopic (exact) mass is 223 g/mol. The van der Waals surface area contributed by atoms with Crippen LogP contribution >= 0.6 is 11.3 Å². The second-order valence-electron chi connectivity index (χ2n) is 6.28. The summed E-state index contributed by atoms with van der Waals surface area (Å²) in [7, 11) is 0. The molecule has 1 aliphatic carbocycles. The molecule has 0 N–H and O–H groups in total. The van der Waals surface area contributed by atoms with Gasteiger partial charge in [-0.1, -0.05) is 34.6 Å². The Balaban J connectivity index is 2.47. The molecule has 0 aliphatic heterocycles. The molecule has 0 unspecified atom stereocenters. The van der Waals surface area contributed by atoms with Crippen molar-refractivity contribution < 1.29 is 0 Å². The molecule has 0 amide bonds. The third-order valence-corrected chi connectivity index (χ3v) is 4.73. The first-order valence-corrected chi connectivity index (χ1v) is 6.63. The minimum Gasteiger partial charge on any atom is -0.245 e. The maximum Gasteiger partial charge on any atom is 0.0984 e. The number of hydrogen-bond acceptors (Lipinski definition) is 2. The smallest absolute Gasteiger partial charge is 0.0984 e. The van der Waals surface area contributed by atoms with Gasteiger partial charge < -0.3 is 0 Å². The van der Waals surface area contributed by atoms with Crippen LogP contribution < -0.4 is 0 Å². The van der Waals surface area contributed by atoms with E-state index >= 15 is 0 Å². The Hall–Kier alpha value is -0.370. The van der Waals surface area contributed by atoms with Crippen molar-refractivity contribution in [1.29, 1.82) is 0 Å². The molecule has 0 spiro atoms. The highest BCUT2D eigenvalue weighted by Crippen LogP contribution is 2.41. The first-order valence-electron chi connectivity index (χ1n) is 5.81. The number of nitrogens with zero attached hydrogens (tertiary/aromatic N) is 1. The van der Waals surface area contributed by atoms with E-state index in [2.05, 4.69) is 34.6 Å². The van der Waals surface area contributed by atoms with E-state index in [9.17, 15) is 0 Å². The number of aryl methyl sites for hydroxylation is 1. The summed E-state index contributed by atoms with van der Waals surface area (Å²) in [5, 5.41) is 1.31. The van der Waals surface area contributed by atoms with Crippen LogP contribution in [0.4, 0.5) is 0 Å². The molecule has 0 radical (unpaired) electrons. The summed E-state index contributed by atoms with van der Waals surface area (Å²) < 4.78 is 0. The molecule has 2 rings (SSSR count). The lowest BCUT2D eigenvalue weighted by molar-refractivity contribution is 0.421. The second-order valence-corrected chi connectivity index (χ2v) is 7.36. The van der Waals surface area contributed by atoms with E-state index in [1.54, 1.807) is 0 Å². The van der Waals surface area contributed by atoms with Gasteiger partial charge in [-0.25, -0.2) is 4.98 Å². The van der Waals surface area contributed by atoms with E-state index < -0.39 is 0 Å². The van der Waals surface area contributed by atoms with Crippen LogP contribution in [0.25, 0.3) is 0 Å². The Morgan fingerprint density at radius 2 is 1.93 bits per heavy atom. The number of fused-ring (bicyclic) bond motifs is 1. The Labute approximate surface area is 96.9 Å². The third-order valence-electron chi connectivity index (χ3n) is 3.19. The molecule has 0 saturated carbocycles. The molecule has 0 fully saturated rings. The maximum atomic E-state index is 4.89. The van der Waals surface area contributed by atoms with Crippen molar-refractivity contribution in [3.63, 3.8) is 0 Å². The highest BCUT2D eigenvalue weighted by atomic mass is 32.1. The minimum absolute atomic E-state index is 0.206. The lowest BCUT2D eigenvalue weighted by Gasteiger charge is -2.28. The molecular weight excluding hydrogens is 202 g/mol. The van der Waals surface area contributed by atoms with Crippen molar-refractivity contribution >= 4 is 11.3 Å². The standard InChI is InChI=1S/C13H21NS/c1-12(2,3)11-14-10-9(15-11)7-6-8-13(10,4)5/h6-8H2,1-5H3. The molecule has 84 valence electrons. The number of aromatic nitrogens is 1. The Morgan fingerprint density at radius 1 is 1.27 bits per heavy atom. The van der Waals surface area contributed by atoms with Gasteiger partial charge in [-0.15, -0.1) is 11.3 Å². The molecule has 0 bridgehead atoms. The van der Waals surface area contributed by atoms with Gasteiger partial charge in [0, 0.05) is 15.7 Å². The molecule has 15 heavy (non-hydrogen) atoms. The highest BCUT2D eigenvalue weighted by Gasteiger charge is 2.33. The molecule has 0 aromatic carbocycles. The molecular formula is C13H21NS. The number of hydrogen-bond donors (Lipinski definition) is 0. The number of thiazole rings is 1. The fourth-order valence-corrected chi connectivity index (χ4v) is 3.52. The summed E-state index contributed by atoms with van der Waals surface area (Å²) in [6.07, 6.45) is 3.85. The van der Waals surface area contributed by atoms with Gasteiger partial charge in [-0.2, -0.15) is 0 Å². The third kappa shape index (κ3) is 1.96. The van der Waals surface area contributed by atoms with Gasteiger partial charge in [0.25, 0.3) is 0 Å². The molecule has 1 nitrogen and oxygen atoms in total. The normalized spacial score (nSPS) is 20.1. The summed E-state index contributed by atoms with van der Waals surface area (Å²) in [5.74, 6) is 0. The van der Waals surface area contributed by atoms with Crippen LogP contribution in [-0.2, 0) is 17.3 Å². The second kappa shape index (κ2) is 3.31. The van der Waals surface area contributed by atoms with E-state index in [0.717, 1.165) is 0 Å². The van der Waals surface area contributed by atoms with Crippen molar-refractivity contribution in [3.05, 3.63) is 15.6 Å². The van der Waals surface area contributed by atoms with Crippen molar-refractivity contribution in [2.45, 2.75) is 64.7 Å². The molecule has 1 aromatic rings. The van der Waals surface area contributed by atoms with Gasteiger partial charge in [0.2, 0.25) is 0 Å². The zero-order valence-electron chi connectivity index (χ0n) is 10.5. The van der Waals surface area contributed by atoms with Crippen LogP contribution in [0.2, 0.25) is 0 Å². The van der Waals surface area contributed by atoms with Gasteiger partial charge in [0.1, 0.15) is 0 Å².